The topological polar surface area (TPSA) is 72.6 Å². The summed E-state index contributed by atoms with van der Waals surface area (Å²) in [6.45, 7) is 0. The number of aromatic nitrogens is 4. The zero-order valence-electron chi connectivity index (χ0n) is 8.07. The van der Waals surface area contributed by atoms with E-state index in [9.17, 15) is 0 Å². The molecule has 0 aliphatic heterocycles. The van der Waals surface area contributed by atoms with Crippen LogP contribution in [0.4, 0.5) is 17.6 Å². The molecule has 0 bridgehead atoms. The monoisotopic (exact) mass is 192 g/mol. The van der Waals surface area contributed by atoms with E-state index < -0.39 is 0 Å². The summed E-state index contributed by atoms with van der Waals surface area (Å²) in [6, 6.07) is 1.96. The van der Waals surface area contributed by atoms with Crippen molar-refractivity contribution in [3.63, 3.8) is 0 Å². The van der Waals surface area contributed by atoms with Gasteiger partial charge in [0.2, 0.25) is 11.9 Å². The van der Waals surface area contributed by atoms with Gasteiger partial charge in [-0.3, -0.25) is 4.98 Å². The van der Waals surface area contributed by atoms with E-state index in [-0.39, 0.29) is 0 Å². The molecule has 0 fully saturated rings. The fraction of sp³-hybridized carbons (Fsp3) is 0.250. The molecule has 0 aliphatic carbocycles. The van der Waals surface area contributed by atoms with Gasteiger partial charge in [-0.05, 0) is 6.07 Å². The maximum Gasteiger partial charge on any atom is 0.230 e. The second-order valence-electron chi connectivity index (χ2n) is 2.88. The maximum atomic E-state index is 3.99. The van der Waals surface area contributed by atoms with Crippen LogP contribution in [0.5, 0.6) is 0 Å². The highest BCUT2D eigenvalue weighted by Crippen LogP contribution is 2.19. The first-order valence-electron chi connectivity index (χ1n) is 4.28. The van der Waals surface area contributed by atoms with Crippen LogP contribution in [0.2, 0.25) is 0 Å². The van der Waals surface area contributed by atoms with Crippen LogP contribution >= 0.6 is 0 Å². The Morgan fingerprint density at radius 2 is 2.29 bits per heavy atom. The molecule has 14 heavy (non-hydrogen) atoms. The van der Waals surface area contributed by atoms with Crippen molar-refractivity contribution in [3.8, 4) is 0 Å². The Labute approximate surface area is 81.4 Å². The predicted molar refractivity (Wildman–Crippen MR) is 54.8 cm³/mol. The highest BCUT2D eigenvalue weighted by molar-refractivity contribution is 5.55. The Kier molecular flexibility index (Phi) is 2.10. The molecule has 0 saturated carbocycles. The van der Waals surface area contributed by atoms with E-state index in [1.54, 1.807) is 7.05 Å². The first-order valence-corrected chi connectivity index (χ1v) is 4.28. The van der Waals surface area contributed by atoms with Crippen LogP contribution in [0.3, 0.4) is 0 Å². The molecular weight excluding hydrogens is 180 g/mol. The van der Waals surface area contributed by atoms with Gasteiger partial charge in [0.05, 0.1) is 5.69 Å². The third-order valence-corrected chi connectivity index (χ3v) is 2.00. The molecule has 6 heteroatoms. The molecular formula is C8H12N6. The van der Waals surface area contributed by atoms with Crippen molar-refractivity contribution < 1.29 is 0 Å². The van der Waals surface area contributed by atoms with Crippen LogP contribution in [0.15, 0.2) is 18.5 Å². The van der Waals surface area contributed by atoms with Gasteiger partial charge in [-0.15, -0.1) is 10.2 Å². The molecule has 3 N–H and O–H groups in total. The molecule has 0 aliphatic rings. The van der Waals surface area contributed by atoms with Gasteiger partial charge in [0.1, 0.15) is 0 Å². The van der Waals surface area contributed by atoms with Crippen molar-refractivity contribution >= 4 is 17.6 Å². The molecule has 0 unspecified atom stereocenters. The van der Waals surface area contributed by atoms with Crippen molar-refractivity contribution in [2.45, 2.75) is 0 Å². The van der Waals surface area contributed by atoms with E-state index >= 15 is 0 Å². The molecule has 6 nitrogen and oxygen atoms in total. The minimum atomic E-state index is 0.655. The molecule has 0 spiro atoms. The van der Waals surface area contributed by atoms with E-state index in [2.05, 4.69) is 25.5 Å². The van der Waals surface area contributed by atoms with E-state index in [0.29, 0.717) is 11.9 Å². The summed E-state index contributed by atoms with van der Waals surface area (Å²) in [4.78, 5) is 7.92. The average molecular weight is 192 g/mol. The Hall–Kier alpha value is -1.98. The Bertz CT molecular complexity index is 390. The van der Waals surface area contributed by atoms with Crippen LogP contribution in [-0.2, 0) is 0 Å². The highest BCUT2D eigenvalue weighted by Gasteiger charge is 2.08. The zero-order valence-corrected chi connectivity index (χ0v) is 8.07. The molecule has 74 valence electrons. The molecule has 2 aromatic heterocycles. The van der Waals surface area contributed by atoms with E-state index in [1.165, 1.54) is 0 Å². The fourth-order valence-corrected chi connectivity index (χ4v) is 1.16. The van der Waals surface area contributed by atoms with Crippen molar-refractivity contribution in [3.05, 3.63) is 18.5 Å². The van der Waals surface area contributed by atoms with E-state index in [4.69, 9.17) is 0 Å². The SMILES string of the molecule is CNc1nnc(N(C)c2cc[nH]c2)[nH]1. The molecule has 2 heterocycles. The number of anilines is 3. The number of hydrogen-bond donors (Lipinski definition) is 3. The number of aromatic amines is 2. The number of nitrogens with zero attached hydrogens (tertiary/aromatic N) is 3. The summed E-state index contributed by atoms with van der Waals surface area (Å²) in [6.07, 6.45) is 3.75. The molecule has 2 aromatic rings. The zero-order chi connectivity index (χ0) is 9.97. The minimum absolute atomic E-state index is 0.655. The highest BCUT2D eigenvalue weighted by atomic mass is 15.4. The van der Waals surface area contributed by atoms with Crippen LogP contribution in [0.25, 0.3) is 0 Å². The molecule has 2 rings (SSSR count). The Morgan fingerprint density at radius 3 is 2.86 bits per heavy atom. The Balaban J connectivity index is 2.23. The lowest BCUT2D eigenvalue weighted by Crippen LogP contribution is -2.10. The number of H-pyrrole nitrogens is 2. The quantitative estimate of drug-likeness (QED) is 0.676. The Morgan fingerprint density at radius 1 is 1.43 bits per heavy atom. The summed E-state index contributed by atoms with van der Waals surface area (Å²) in [5.41, 5.74) is 1.03. The lowest BCUT2D eigenvalue weighted by molar-refractivity contribution is 1.03. The van der Waals surface area contributed by atoms with Gasteiger partial charge in [0.25, 0.3) is 0 Å². The van der Waals surface area contributed by atoms with Gasteiger partial charge in [-0.2, -0.15) is 0 Å². The maximum absolute atomic E-state index is 3.99. The van der Waals surface area contributed by atoms with Crippen LogP contribution < -0.4 is 10.2 Å². The number of hydrogen-bond acceptors (Lipinski definition) is 4. The molecule has 0 radical (unpaired) electrons. The van der Waals surface area contributed by atoms with E-state index in [1.807, 2.05) is 30.4 Å². The van der Waals surface area contributed by atoms with Crippen molar-refractivity contribution in [1.29, 1.82) is 0 Å². The first kappa shape index (κ1) is 8.61. The van der Waals surface area contributed by atoms with Crippen molar-refractivity contribution in [2.75, 3.05) is 24.3 Å². The molecule has 0 atom stereocenters. The van der Waals surface area contributed by atoms with Gasteiger partial charge < -0.3 is 15.2 Å². The normalized spacial score (nSPS) is 10.1. The minimum Gasteiger partial charge on any atom is -0.366 e. The van der Waals surface area contributed by atoms with Crippen molar-refractivity contribution in [2.24, 2.45) is 0 Å². The summed E-state index contributed by atoms with van der Waals surface area (Å²) >= 11 is 0. The van der Waals surface area contributed by atoms with Gasteiger partial charge in [-0.25, -0.2) is 0 Å². The molecule has 0 aromatic carbocycles. The molecule has 0 saturated heterocycles. The summed E-state index contributed by atoms with van der Waals surface area (Å²) in [5.74, 6) is 1.36. The first-order chi connectivity index (χ1) is 6.81. The molecule has 0 amide bonds. The van der Waals surface area contributed by atoms with Gasteiger partial charge >= 0.3 is 0 Å². The number of rotatable bonds is 3. The van der Waals surface area contributed by atoms with Crippen molar-refractivity contribution in [1.82, 2.24) is 20.2 Å². The lowest BCUT2D eigenvalue weighted by atomic mass is 10.5. The summed E-state index contributed by atoms with van der Waals surface area (Å²) in [5, 5.41) is 10.8. The van der Waals surface area contributed by atoms with Crippen LogP contribution in [-0.4, -0.2) is 34.3 Å². The van der Waals surface area contributed by atoms with Gasteiger partial charge in [0.15, 0.2) is 0 Å². The standard InChI is InChI=1S/C8H12N6/c1-9-7-11-8(13-12-7)14(2)6-3-4-10-5-6/h3-5,10H,1-2H3,(H2,9,11,12,13). The second-order valence-corrected chi connectivity index (χ2v) is 2.88. The number of nitrogens with one attached hydrogen (secondary N) is 3. The summed E-state index contributed by atoms with van der Waals surface area (Å²) < 4.78 is 0. The average Bonchev–Trinajstić information content (AvgIpc) is 2.88. The largest absolute Gasteiger partial charge is 0.366 e. The summed E-state index contributed by atoms with van der Waals surface area (Å²) in [7, 11) is 3.71. The van der Waals surface area contributed by atoms with Crippen LogP contribution in [0, 0.1) is 0 Å². The fourth-order valence-electron chi connectivity index (χ4n) is 1.16. The third kappa shape index (κ3) is 1.41. The smallest absolute Gasteiger partial charge is 0.230 e. The third-order valence-electron chi connectivity index (χ3n) is 2.00. The van der Waals surface area contributed by atoms with Gasteiger partial charge in [0, 0.05) is 26.5 Å². The van der Waals surface area contributed by atoms with Crippen LogP contribution in [0.1, 0.15) is 0 Å². The van der Waals surface area contributed by atoms with Gasteiger partial charge in [-0.1, -0.05) is 0 Å². The van der Waals surface area contributed by atoms with E-state index in [0.717, 1.165) is 5.69 Å². The predicted octanol–water partition coefficient (Wildman–Crippen LogP) is 0.942. The second kappa shape index (κ2) is 3.41. The lowest BCUT2D eigenvalue weighted by Gasteiger charge is -2.12.